The second-order valence-electron chi connectivity index (χ2n) is 6.38. The van der Waals surface area contributed by atoms with E-state index in [-0.39, 0.29) is 0 Å². The SMILES string of the molecule is C1=CCC2(CC1)CCC1(CCCCN1)CC2. The molecule has 16 heavy (non-hydrogen) atoms. The molecule has 0 radical (unpaired) electrons. The summed E-state index contributed by atoms with van der Waals surface area (Å²) in [5.41, 5.74) is 1.27. The standard InChI is InChI=1S/C15H25N/c1-2-6-14(7-3-1)9-11-15(12-10-14)8-4-5-13-16-15/h1-2,16H,3-13H2. The van der Waals surface area contributed by atoms with Crippen molar-refractivity contribution in [1.29, 1.82) is 0 Å². The molecule has 1 N–H and O–H groups in total. The first-order chi connectivity index (χ1) is 7.83. The fourth-order valence-corrected chi connectivity index (χ4v) is 4.11. The molecule has 0 aromatic heterocycles. The Morgan fingerprint density at radius 3 is 2.31 bits per heavy atom. The van der Waals surface area contributed by atoms with Crippen LogP contribution in [0.1, 0.15) is 64.2 Å². The predicted molar refractivity (Wildman–Crippen MR) is 68.5 cm³/mol. The predicted octanol–water partition coefficient (Wildman–Crippen LogP) is 3.80. The first-order valence-electron chi connectivity index (χ1n) is 7.23. The van der Waals surface area contributed by atoms with Crippen LogP contribution in [0.15, 0.2) is 12.2 Å². The van der Waals surface area contributed by atoms with Gasteiger partial charge >= 0.3 is 0 Å². The Hall–Kier alpha value is -0.300. The monoisotopic (exact) mass is 219 g/mol. The van der Waals surface area contributed by atoms with Crippen molar-refractivity contribution in [3.63, 3.8) is 0 Å². The highest BCUT2D eigenvalue weighted by Crippen LogP contribution is 2.49. The molecule has 3 aliphatic rings. The van der Waals surface area contributed by atoms with Crippen molar-refractivity contribution >= 4 is 0 Å². The third-order valence-electron chi connectivity index (χ3n) is 5.41. The maximum Gasteiger partial charge on any atom is 0.0182 e. The Labute approximate surface area is 99.7 Å². The Morgan fingerprint density at radius 1 is 0.812 bits per heavy atom. The van der Waals surface area contributed by atoms with Crippen LogP contribution in [-0.4, -0.2) is 12.1 Å². The molecule has 1 saturated heterocycles. The van der Waals surface area contributed by atoms with Gasteiger partial charge in [0.1, 0.15) is 0 Å². The summed E-state index contributed by atoms with van der Waals surface area (Å²) in [7, 11) is 0. The van der Waals surface area contributed by atoms with Crippen LogP contribution in [0.4, 0.5) is 0 Å². The zero-order chi connectivity index (χ0) is 10.9. The Bertz CT molecular complexity index is 263. The lowest BCUT2D eigenvalue weighted by molar-refractivity contribution is 0.0791. The van der Waals surface area contributed by atoms with Gasteiger partial charge in [-0.05, 0) is 69.7 Å². The number of hydrogen-bond acceptors (Lipinski definition) is 1. The number of piperidine rings is 1. The van der Waals surface area contributed by atoms with Crippen molar-refractivity contribution < 1.29 is 0 Å². The molecular weight excluding hydrogens is 194 g/mol. The van der Waals surface area contributed by atoms with E-state index in [1.807, 2.05) is 0 Å². The van der Waals surface area contributed by atoms with E-state index in [9.17, 15) is 0 Å². The van der Waals surface area contributed by atoms with Crippen molar-refractivity contribution in [3.05, 3.63) is 12.2 Å². The van der Waals surface area contributed by atoms with E-state index in [0.29, 0.717) is 11.0 Å². The van der Waals surface area contributed by atoms with E-state index >= 15 is 0 Å². The molecule has 0 unspecified atom stereocenters. The summed E-state index contributed by atoms with van der Waals surface area (Å²) in [5, 5.41) is 3.84. The topological polar surface area (TPSA) is 12.0 Å². The molecule has 1 heterocycles. The lowest BCUT2D eigenvalue weighted by Gasteiger charge is -2.49. The average Bonchev–Trinajstić information content (AvgIpc) is 2.36. The number of hydrogen-bond donors (Lipinski definition) is 1. The van der Waals surface area contributed by atoms with Crippen LogP contribution in [-0.2, 0) is 0 Å². The Kier molecular flexibility index (Phi) is 2.83. The zero-order valence-electron chi connectivity index (χ0n) is 10.4. The molecular formula is C15H25N. The second kappa shape index (κ2) is 4.18. The van der Waals surface area contributed by atoms with Gasteiger partial charge in [-0.1, -0.05) is 18.6 Å². The molecule has 0 aromatic carbocycles. The molecule has 1 aliphatic heterocycles. The zero-order valence-corrected chi connectivity index (χ0v) is 10.4. The second-order valence-corrected chi connectivity index (χ2v) is 6.38. The molecule has 2 aliphatic carbocycles. The van der Waals surface area contributed by atoms with E-state index in [1.54, 1.807) is 0 Å². The molecule has 1 saturated carbocycles. The van der Waals surface area contributed by atoms with Crippen molar-refractivity contribution in [3.8, 4) is 0 Å². The lowest BCUT2D eigenvalue weighted by Crippen LogP contribution is -2.52. The summed E-state index contributed by atoms with van der Waals surface area (Å²) < 4.78 is 0. The summed E-state index contributed by atoms with van der Waals surface area (Å²) in [5.74, 6) is 0. The highest BCUT2D eigenvalue weighted by atomic mass is 15.0. The van der Waals surface area contributed by atoms with Crippen LogP contribution in [0, 0.1) is 5.41 Å². The van der Waals surface area contributed by atoms with Gasteiger partial charge < -0.3 is 5.32 Å². The number of rotatable bonds is 0. The quantitative estimate of drug-likeness (QED) is 0.611. The van der Waals surface area contributed by atoms with Gasteiger partial charge in [-0.2, -0.15) is 0 Å². The van der Waals surface area contributed by atoms with Gasteiger partial charge in [0.25, 0.3) is 0 Å². The normalized spacial score (nSPS) is 44.0. The summed E-state index contributed by atoms with van der Waals surface area (Å²) in [4.78, 5) is 0. The maximum atomic E-state index is 3.84. The van der Waals surface area contributed by atoms with Crippen LogP contribution in [0.5, 0.6) is 0 Å². The van der Waals surface area contributed by atoms with Crippen LogP contribution < -0.4 is 5.32 Å². The molecule has 2 spiro atoms. The van der Waals surface area contributed by atoms with Gasteiger partial charge in [-0.15, -0.1) is 0 Å². The minimum absolute atomic E-state index is 0.560. The molecule has 0 atom stereocenters. The smallest absolute Gasteiger partial charge is 0.0182 e. The molecule has 1 heteroatoms. The van der Waals surface area contributed by atoms with Gasteiger partial charge in [0, 0.05) is 5.54 Å². The van der Waals surface area contributed by atoms with E-state index in [0.717, 1.165) is 0 Å². The van der Waals surface area contributed by atoms with Gasteiger partial charge in [0.05, 0.1) is 0 Å². The molecule has 0 bridgehead atoms. The fourth-order valence-electron chi connectivity index (χ4n) is 4.11. The van der Waals surface area contributed by atoms with Gasteiger partial charge in [0.15, 0.2) is 0 Å². The highest BCUT2D eigenvalue weighted by molar-refractivity contribution is 5.04. The maximum absolute atomic E-state index is 3.84. The van der Waals surface area contributed by atoms with Gasteiger partial charge in [0.2, 0.25) is 0 Å². The highest BCUT2D eigenvalue weighted by Gasteiger charge is 2.42. The largest absolute Gasteiger partial charge is 0.311 e. The average molecular weight is 219 g/mol. The molecule has 0 amide bonds. The number of nitrogens with one attached hydrogen (secondary N) is 1. The Balaban J connectivity index is 1.64. The molecule has 0 aromatic rings. The van der Waals surface area contributed by atoms with Crippen molar-refractivity contribution in [2.45, 2.75) is 69.7 Å². The first-order valence-corrected chi connectivity index (χ1v) is 7.23. The van der Waals surface area contributed by atoms with Gasteiger partial charge in [-0.25, -0.2) is 0 Å². The minimum Gasteiger partial charge on any atom is -0.311 e. The third-order valence-corrected chi connectivity index (χ3v) is 5.41. The van der Waals surface area contributed by atoms with Crippen molar-refractivity contribution in [2.24, 2.45) is 5.41 Å². The van der Waals surface area contributed by atoms with Gasteiger partial charge in [-0.3, -0.25) is 0 Å². The van der Waals surface area contributed by atoms with Crippen LogP contribution in [0.2, 0.25) is 0 Å². The van der Waals surface area contributed by atoms with E-state index in [2.05, 4.69) is 17.5 Å². The summed E-state index contributed by atoms with van der Waals surface area (Å²) in [6, 6.07) is 0. The van der Waals surface area contributed by atoms with Crippen molar-refractivity contribution in [2.75, 3.05) is 6.54 Å². The molecule has 1 nitrogen and oxygen atoms in total. The lowest BCUT2D eigenvalue weighted by atomic mass is 9.61. The van der Waals surface area contributed by atoms with Crippen LogP contribution >= 0.6 is 0 Å². The van der Waals surface area contributed by atoms with E-state index in [4.69, 9.17) is 0 Å². The number of allylic oxidation sites excluding steroid dienone is 2. The summed E-state index contributed by atoms with van der Waals surface area (Å²) in [6.07, 6.45) is 19.1. The van der Waals surface area contributed by atoms with E-state index < -0.39 is 0 Å². The van der Waals surface area contributed by atoms with Crippen molar-refractivity contribution in [1.82, 2.24) is 5.32 Å². The molecule has 2 fully saturated rings. The fraction of sp³-hybridized carbons (Fsp3) is 0.867. The molecule has 3 rings (SSSR count). The minimum atomic E-state index is 0.560. The summed E-state index contributed by atoms with van der Waals surface area (Å²) >= 11 is 0. The third kappa shape index (κ3) is 1.95. The van der Waals surface area contributed by atoms with Crippen LogP contribution in [0.25, 0.3) is 0 Å². The van der Waals surface area contributed by atoms with Crippen LogP contribution in [0.3, 0.4) is 0 Å². The molecule has 90 valence electrons. The Morgan fingerprint density at radius 2 is 1.69 bits per heavy atom. The van der Waals surface area contributed by atoms with E-state index in [1.165, 1.54) is 70.8 Å². The first kappa shape index (κ1) is 10.8. The summed E-state index contributed by atoms with van der Waals surface area (Å²) in [6.45, 7) is 1.27.